The molecule has 28 heavy (non-hydrogen) atoms. The van der Waals surface area contributed by atoms with Gasteiger partial charge >= 0.3 is 5.63 Å². The number of carbonyl (C=O) groups excluding carboxylic acids is 1. The smallest absolute Gasteiger partial charge is 0.340 e. The minimum Gasteiger partial charge on any atom is -0.550 e. The zero-order chi connectivity index (χ0) is 19.7. The van der Waals surface area contributed by atoms with E-state index in [1.54, 1.807) is 25.1 Å². The Morgan fingerprint density at radius 1 is 1.04 bits per heavy atom. The summed E-state index contributed by atoms with van der Waals surface area (Å²) >= 11 is 0. The van der Waals surface area contributed by atoms with Gasteiger partial charge in [0.05, 0.1) is 0 Å². The van der Waals surface area contributed by atoms with Crippen molar-refractivity contribution in [3.05, 3.63) is 87.8 Å². The third-order valence-corrected chi connectivity index (χ3v) is 4.80. The number of carbonyl (C=O) groups is 1. The summed E-state index contributed by atoms with van der Waals surface area (Å²) in [6.07, 6.45) is -0.468. The van der Waals surface area contributed by atoms with Crippen LogP contribution in [0.15, 0.2) is 69.9 Å². The summed E-state index contributed by atoms with van der Waals surface area (Å²) < 4.78 is 11.2. The lowest BCUT2D eigenvalue weighted by molar-refractivity contribution is -0.304. The van der Waals surface area contributed by atoms with Crippen LogP contribution in [-0.4, -0.2) is 5.97 Å². The highest BCUT2D eigenvalue weighted by Crippen LogP contribution is 2.25. The lowest BCUT2D eigenvalue weighted by Crippen LogP contribution is -2.27. The molecular formula is C23H17O5-. The van der Waals surface area contributed by atoms with Crippen LogP contribution in [-0.2, 0) is 17.8 Å². The van der Waals surface area contributed by atoms with Crippen molar-refractivity contribution < 1.29 is 19.1 Å². The summed E-state index contributed by atoms with van der Waals surface area (Å²) in [5.41, 5.74) is 1.41. The molecule has 0 saturated carbocycles. The SMILES string of the molecule is Cc1c(CC(=O)[O-])c(=O)oc2cc(OCc3ccc4ccccc4c3)ccc12. The monoisotopic (exact) mass is 373 g/mol. The molecule has 0 aliphatic carbocycles. The molecule has 1 aromatic heterocycles. The van der Waals surface area contributed by atoms with Crippen molar-refractivity contribution >= 4 is 27.7 Å². The largest absolute Gasteiger partial charge is 0.550 e. The van der Waals surface area contributed by atoms with Crippen molar-refractivity contribution in [2.24, 2.45) is 0 Å². The van der Waals surface area contributed by atoms with E-state index in [1.165, 1.54) is 5.39 Å². The fourth-order valence-corrected chi connectivity index (χ4v) is 3.31. The maximum absolute atomic E-state index is 12.1. The van der Waals surface area contributed by atoms with Gasteiger partial charge in [0, 0.05) is 29.4 Å². The topological polar surface area (TPSA) is 79.6 Å². The molecule has 0 aliphatic rings. The first-order chi connectivity index (χ1) is 13.5. The molecule has 5 nitrogen and oxygen atoms in total. The molecule has 0 saturated heterocycles. The van der Waals surface area contributed by atoms with E-state index in [4.69, 9.17) is 9.15 Å². The Hall–Kier alpha value is -3.60. The van der Waals surface area contributed by atoms with Gasteiger partial charge in [0.1, 0.15) is 17.9 Å². The molecule has 0 atom stereocenters. The highest BCUT2D eigenvalue weighted by molar-refractivity contribution is 5.84. The number of aliphatic carboxylic acids is 1. The molecule has 0 fully saturated rings. The van der Waals surface area contributed by atoms with E-state index in [0.717, 1.165) is 10.9 Å². The molecule has 0 amide bonds. The molecular weight excluding hydrogens is 356 g/mol. The number of carboxylic acids is 1. The van der Waals surface area contributed by atoms with Gasteiger partial charge in [-0.3, -0.25) is 0 Å². The van der Waals surface area contributed by atoms with Gasteiger partial charge in [-0.05, 0) is 47.0 Å². The summed E-state index contributed by atoms with van der Waals surface area (Å²) in [5, 5.41) is 13.8. The zero-order valence-electron chi connectivity index (χ0n) is 15.2. The van der Waals surface area contributed by atoms with Crippen molar-refractivity contribution in [3.63, 3.8) is 0 Å². The van der Waals surface area contributed by atoms with E-state index < -0.39 is 18.0 Å². The molecule has 0 bridgehead atoms. The van der Waals surface area contributed by atoms with Crippen LogP contribution in [0.2, 0.25) is 0 Å². The van der Waals surface area contributed by atoms with E-state index in [9.17, 15) is 14.7 Å². The van der Waals surface area contributed by atoms with E-state index in [2.05, 4.69) is 24.3 Å². The van der Waals surface area contributed by atoms with Gasteiger partial charge in [-0.25, -0.2) is 4.79 Å². The first-order valence-electron chi connectivity index (χ1n) is 8.88. The number of rotatable bonds is 5. The molecule has 0 unspecified atom stereocenters. The third kappa shape index (κ3) is 3.47. The molecule has 1 heterocycles. The molecule has 4 aromatic rings. The van der Waals surface area contributed by atoms with Crippen LogP contribution in [0.1, 0.15) is 16.7 Å². The van der Waals surface area contributed by atoms with E-state index in [-0.39, 0.29) is 5.56 Å². The Morgan fingerprint density at radius 3 is 2.61 bits per heavy atom. The number of benzene rings is 3. The predicted octanol–water partition coefficient (Wildman–Crippen LogP) is 3.13. The number of fused-ring (bicyclic) bond motifs is 2. The Balaban J connectivity index is 1.60. The van der Waals surface area contributed by atoms with Crippen molar-refractivity contribution in [1.29, 1.82) is 0 Å². The summed E-state index contributed by atoms with van der Waals surface area (Å²) in [7, 11) is 0. The van der Waals surface area contributed by atoms with Crippen LogP contribution in [0.25, 0.3) is 21.7 Å². The van der Waals surface area contributed by atoms with E-state index >= 15 is 0 Å². The van der Waals surface area contributed by atoms with Gasteiger partial charge in [-0.15, -0.1) is 0 Å². The van der Waals surface area contributed by atoms with Crippen LogP contribution in [0.4, 0.5) is 0 Å². The van der Waals surface area contributed by atoms with Crippen LogP contribution in [0.5, 0.6) is 5.75 Å². The van der Waals surface area contributed by atoms with Gasteiger partial charge in [0.2, 0.25) is 0 Å². The maximum Gasteiger partial charge on any atom is 0.340 e. The molecule has 0 radical (unpaired) electrons. The minimum atomic E-state index is -1.31. The minimum absolute atomic E-state index is 0.109. The normalized spacial score (nSPS) is 11.0. The second kappa shape index (κ2) is 7.19. The van der Waals surface area contributed by atoms with Gasteiger partial charge < -0.3 is 19.1 Å². The number of carboxylic acid groups (broad SMARTS) is 1. The van der Waals surface area contributed by atoms with Crippen LogP contribution in [0, 0.1) is 6.92 Å². The van der Waals surface area contributed by atoms with Crippen LogP contribution in [0.3, 0.4) is 0 Å². The Morgan fingerprint density at radius 2 is 1.82 bits per heavy atom. The Bertz CT molecular complexity index is 1250. The summed E-state index contributed by atoms with van der Waals surface area (Å²) in [6, 6.07) is 19.4. The second-order valence-electron chi connectivity index (χ2n) is 6.67. The van der Waals surface area contributed by atoms with E-state index in [0.29, 0.717) is 28.9 Å². The van der Waals surface area contributed by atoms with Crippen molar-refractivity contribution in [3.8, 4) is 5.75 Å². The van der Waals surface area contributed by atoms with Crippen molar-refractivity contribution in [1.82, 2.24) is 0 Å². The average Bonchev–Trinajstić information content (AvgIpc) is 2.69. The lowest BCUT2D eigenvalue weighted by Gasteiger charge is -2.11. The molecule has 0 aliphatic heterocycles. The maximum atomic E-state index is 12.1. The molecule has 5 heteroatoms. The van der Waals surface area contributed by atoms with Crippen molar-refractivity contribution in [2.45, 2.75) is 20.0 Å². The second-order valence-corrected chi connectivity index (χ2v) is 6.67. The first kappa shape index (κ1) is 17.8. The fourth-order valence-electron chi connectivity index (χ4n) is 3.31. The quantitative estimate of drug-likeness (QED) is 0.502. The van der Waals surface area contributed by atoms with Gasteiger partial charge in [0.15, 0.2) is 0 Å². The first-order valence-corrected chi connectivity index (χ1v) is 8.88. The summed E-state index contributed by atoms with van der Waals surface area (Å²) in [4.78, 5) is 23.0. The Kier molecular flexibility index (Phi) is 4.57. The van der Waals surface area contributed by atoms with Gasteiger partial charge in [-0.2, -0.15) is 0 Å². The summed E-state index contributed by atoms with van der Waals surface area (Å²) in [5.74, 6) is -0.749. The number of hydrogen-bond donors (Lipinski definition) is 0. The molecule has 140 valence electrons. The van der Waals surface area contributed by atoms with Crippen LogP contribution >= 0.6 is 0 Å². The molecule has 3 aromatic carbocycles. The number of aryl methyl sites for hydroxylation is 1. The molecule has 4 rings (SSSR count). The number of hydrogen-bond acceptors (Lipinski definition) is 5. The number of ether oxygens (including phenoxy) is 1. The third-order valence-electron chi connectivity index (χ3n) is 4.80. The highest BCUT2D eigenvalue weighted by Gasteiger charge is 2.12. The molecule has 0 N–H and O–H groups in total. The zero-order valence-corrected chi connectivity index (χ0v) is 15.2. The van der Waals surface area contributed by atoms with Crippen molar-refractivity contribution in [2.75, 3.05) is 0 Å². The highest BCUT2D eigenvalue weighted by atomic mass is 16.5. The van der Waals surface area contributed by atoms with Gasteiger partial charge in [-0.1, -0.05) is 36.4 Å². The fraction of sp³-hybridized carbons (Fsp3) is 0.130. The van der Waals surface area contributed by atoms with Crippen LogP contribution < -0.4 is 15.5 Å². The van der Waals surface area contributed by atoms with Gasteiger partial charge in [0.25, 0.3) is 0 Å². The summed E-state index contributed by atoms with van der Waals surface area (Å²) in [6.45, 7) is 2.08. The lowest BCUT2D eigenvalue weighted by atomic mass is 10.0. The predicted molar refractivity (Wildman–Crippen MR) is 104 cm³/mol. The molecule has 0 spiro atoms. The standard InChI is InChI=1S/C23H18O5/c1-14-19-9-8-18(11-21(19)28-23(26)20(14)12-22(24)25)27-13-15-6-7-16-4-2-3-5-17(16)10-15/h2-11H,12-13H2,1H3,(H,24,25)/p-1. The Labute approximate surface area is 160 Å². The van der Waals surface area contributed by atoms with E-state index in [1.807, 2.05) is 18.2 Å². The average molecular weight is 373 g/mol.